The van der Waals surface area contributed by atoms with Crippen molar-refractivity contribution in [2.75, 3.05) is 6.54 Å². The van der Waals surface area contributed by atoms with Gasteiger partial charge in [0.25, 0.3) is 0 Å². The second kappa shape index (κ2) is 6.37. The van der Waals surface area contributed by atoms with Crippen LogP contribution in [-0.4, -0.2) is 27.5 Å². The molecular weight excluding hydrogens is 269 g/mol. The molecule has 2 atom stereocenters. The van der Waals surface area contributed by atoms with Crippen molar-refractivity contribution in [3.63, 3.8) is 0 Å². The number of nitrogens with one attached hydrogen (secondary N) is 1. The number of nitrogens with zero attached hydrogens (tertiary/aromatic N) is 2. The number of rotatable bonds is 5. The third kappa shape index (κ3) is 3.49. The quantitative estimate of drug-likeness (QED) is 0.887. The Labute approximate surface area is 123 Å². The van der Waals surface area contributed by atoms with Crippen LogP contribution in [0.4, 0.5) is 4.39 Å². The molecule has 0 amide bonds. The van der Waals surface area contributed by atoms with E-state index in [1.807, 2.05) is 6.20 Å². The van der Waals surface area contributed by atoms with E-state index in [9.17, 15) is 9.50 Å². The monoisotopic (exact) mass is 289 g/mol. The lowest BCUT2D eigenvalue weighted by Gasteiger charge is -2.14. The molecule has 0 radical (unpaired) electrons. The third-order valence-electron chi connectivity index (χ3n) is 4.08. The molecule has 1 fully saturated rings. The Balaban J connectivity index is 1.54. The van der Waals surface area contributed by atoms with Gasteiger partial charge in [0.15, 0.2) is 0 Å². The van der Waals surface area contributed by atoms with Crippen molar-refractivity contribution in [1.29, 1.82) is 0 Å². The van der Waals surface area contributed by atoms with Crippen LogP contribution in [0, 0.1) is 11.7 Å². The van der Waals surface area contributed by atoms with Gasteiger partial charge in [0, 0.05) is 24.8 Å². The fourth-order valence-corrected chi connectivity index (χ4v) is 2.84. The van der Waals surface area contributed by atoms with Crippen LogP contribution in [0.25, 0.3) is 5.69 Å². The highest BCUT2D eigenvalue weighted by atomic mass is 19.1. The molecule has 3 rings (SSSR count). The maximum Gasteiger partial charge on any atom is 0.123 e. The average molecular weight is 289 g/mol. The summed E-state index contributed by atoms with van der Waals surface area (Å²) in [4.78, 5) is 0. The first-order valence-corrected chi connectivity index (χ1v) is 7.40. The van der Waals surface area contributed by atoms with Crippen molar-refractivity contribution in [2.45, 2.75) is 31.9 Å². The van der Waals surface area contributed by atoms with E-state index in [4.69, 9.17) is 0 Å². The molecule has 1 aliphatic rings. The molecule has 2 N–H and O–H groups in total. The minimum atomic E-state index is -0.247. The molecule has 1 aliphatic carbocycles. The van der Waals surface area contributed by atoms with Crippen LogP contribution in [0.15, 0.2) is 36.7 Å². The second-order valence-corrected chi connectivity index (χ2v) is 5.66. The van der Waals surface area contributed by atoms with Crippen LogP contribution in [-0.2, 0) is 6.54 Å². The van der Waals surface area contributed by atoms with Crippen LogP contribution in [0.5, 0.6) is 0 Å². The fraction of sp³-hybridized carbons (Fsp3) is 0.438. The number of benzene rings is 1. The van der Waals surface area contributed by atoms with Gasteiger partial charge in [-0.25, -0.2) is 9.07 Å². The number of aliphatic hydroxyl groups excluding tert-OH is 1. The maximum absolute atomic E-state index is 12.9. The minimum absolute atomic E-state index is 0.153. The van der Waals surface area contributed by atoms with Gasteiger partial charge in [0.2, 0.25) is 0 Å². The molecule has 1 aromatic heterocycles. The molecule has 0 aliphatic heterocycles. The van der Waals surface area contributed by atoms with Crippen LogP contribution in [0.3, 0.4) is 0 Å². The molecule has 0 bridgehead atoms. The summed E-state index contributed by atoms with van der Waals surface area (Å²) < 4.78 is 14.6. The van der Waals surface area contributed by atoms with Crippen molar-refractivity contribution >= 4 is 0 Å². The summed E-state index contributed by atoms with van der Waals surface area (Å²) in [5.41, 5.74) is 1.92. The van der Waals surface area contributed by atoms with Gasteiger partial charge in [0.05, 0.1) is 18.0 Å². The minimum Gasteiger partial charge on any atom is -0.393 e. The summed E-state index contributed by atoms with van der Waals surface area (Å²) in [6, 6.07) is 6.26. The van der Waals surface area contributed by atoms with Gasteiger partial charge < -0.3 is 10.4 Å². The zero-order valence-electron chi connectivity index (χ0n) is 11.9. The second-order valence-electron chi connectivity index (χ2n) is 5.66. The topological polar surface area (TPSA) is 50.1 Å². The molecule has 112 valence electrons. The number of halogens is 1. The fourth-order valence-electron chi connectivity index (χ4n) is 2.84. The molecule has 1 aromatic carbocycles. The molecule has 21 heavy (non-hydrogen) atoms. The molecular formula is C16H20FN3O. The molecule has 1 saturated carbocycles. The smallest absolute Gasteiger partial charge is 0.123 e. The molecule has 0 saturated heterocycles. The Hall–Kier alpha value is -1.72. The van der Waals surface area contributed by atoms with Crippen LogP contribution in [0.2, 0.25) is 0 Å². The van der Waals surface area contributed by atoms with Crippen molar-refractivity contribution < 1.29 is 9.50 Å². The first-order chi connectivity index (χ1) is 10.2. The van der Waals surface area contributed by atoms with Gasteiger partial charge in [0.1, 0.15) is 5.82 Å². The summed E-state index contributed by atoms with van der Waals surface area (Å²) in [5.74, 6) is 0.125. The van der Waals surface area contributed by atoms with Gasteiger partial charge in [-0.05, 0) is 43.0 Å². The number of aliphatic hydroxyl groups is 1. The molecule has 1 heterocycles. The van der Waals surface area contributed by atoms with E-state index in [-0.39, 0.29) is 11.9 Å². The SMILES string of the molecule is OC1CCCC1CNCc1cnn(-c2ccc(F)cc2)c1. The average Bonchev–Trinajstić information content (AvgIpc) is 3.10. The Kier molecular flexibility index (Phi) is 4.31. The van der Waals surface area contributed by atoms with Crippen molar-refractivity contribution in [2.24, 2.45) is 5.92 Å². The van der Waals surface area contributed by atoms with Crippen LogP contribution < -0.4 is 5.32 Å². The van der Waals surface area contributed by atoms with Crippen LogP contribution >= 0.6 is 0 Å². The van der Waals surface area contributed by atoms with Gasteiger partial charge in [-0.1, -0.05) is 6.42 Å². The zero-order valence-corrected chi connectivity index (χ0v) is 11.9. The van der Waals surface area contributed by atoms with Gasteiger partial charge >= 0.3 is 0 Å². The van der Waals surface area contributed by atoms with Crippen LogP contribution in [0.1, 0.15) is 24.8 Å². The standard InChI is InChI=1S/C16H20FN3O/c17-14-4-6-15(7-5-14)20-11-12(9-19-20)8-18-10-13-2-1-3-16(13)21/h4-7,9,11,13,16,18,21H,1-3,8,10H2. The summed E-state index contributed by atoms with van der Waals surface area (Å²) in [7, 11) is 0. The number of hydrogen-bond donors (Lipinski definition) is 2. The predicted molar refractivity (Wildman–Crippen MR) is 78.6 cm³/mol. The number of hydrogen-bond acceptors (Lipinski definition) is 3. The van der Waals surface area contributed by atoms with Gasteiger partial charge in [-0.2, -0.15) is 5.10 Å². The first-order valence-electron chi connectivity index (χ1n) is 7.40. The van der Waals surface area contributed by atoms with Crippen molar-refractivity contribution in [3.05, 3.63) is 48.0 Å². The molecule has 5 heteroatoms. The zero-order chi connectivity index (χ0) is 14.7. The van der Waals surface area contributed by atoms with E-state index >= 15 is 0 Å². The Morgan fingerprint density at radius 3 is 2.81 bits per heavy atom. The van der Waals surface area contributed by atoms with E-state index < -0.39 is 0 Å². The third-order valence-corrected chi connectivity index (χ3v) is 4.08. The normalized spacial score (nSPS) is 21.8. The van der Waals surface area contributed by atoms with E-state index in [2.05, 4.69) is 10.4 Å². The van der Waals surface area contributed by atoms with E-state index in [0.29, 0.717) is 5.92 Å². The Morgan fingerprint density at radius 2 is 2.10 bits per heavy atom. The molecule has 2 unspecified atom stereocenters. The number of aromatic nitrogens is 2. The summed E-state index contributed by atoms with van der Waals surface area (Å²) >= 11 is 0. The largest absolute Gasteiger partial charge is 0.393 e. The lowest BCUT2D eigenvalue weighted by Crippen LogP contribution is -2.27. The Bertz CT molecular complexity index is 581. The van der Waals surface area contributed by atoms with E-state index in [1.165, 1.54) is 12.1 Å². The predicted octanol–water partition coefficient (Wildman–Crippen LogP) is 2.26. The highest BCUT2D eigenvalue weighted by Crippen LogP contribution is 2.24. The molecule has 2 aromatic rings. The maximum atomic E-state index is 12.9. The van der Waals surface area contributed by atoms with Crippen molar-refractivity contribution in [3.8, 4) is 5.69 Å². The van der Waals surface area contributed by atoms with Gasteiger partial charge in [-0.15, -0.1) is 0 Å². The highest BCUT2D eigenvalue weighted by Gasteiger charge is 2.24. The lowest BCUT2D eigenvalue weighted by molar-refractivity contribution is 0.131. The summed E-state index contributed by atoms with van der Waals surface area (Å²) in [5, 5.41) is 17.4. The lowest BCUT2D eigenvalue weighted by atomic mass is 10.1. The van der Waals surface area contributed by atoms with Gasteiger partial charge in [-0.3, -0.25) is 0 Å². The summed E-state index contributed by atoms with van der Waals surface area (Å²) in [6.07, 6.45) is 6.74. The molecule has 4 nitrogen and oxygen atoms in total. The summed E-state index contributed by atoms with van der Waals surface area (Å²) in [6.45, 7) is 1.56. The molecule has 0 spiro atoms. The Morgan fingerprint density at radius 1 is 1.29 bits per heavy atom. The van der Waals surface area contributed by atoms with E-state index in [0.717, 1.165) is 43.6 Å². The van der Waals surface area contributed by atoms with E-state index in [1.54, 1.807) is 23.0 Å². The van der Waals surface area contributed by atoms with Crippen molar-refractivity contribution in [1.82, 2.24) is 15.1 Å². The highest BCUT2D eigenvalue weighted by molar-refractivity contribution is 5.31. The first kappa shape index (κ1) is 14.2.